The highest BCUT2D eigenvalue weighted by atomic mass is 127. The minimum atomic E-state index is -1.42. The van der Waals surface area contributed by atoms with Gasteiger partial charge in [0.15, 0.2) is 23.1 Å². The largest absolute Gasteiger partial charge is 0.503 e. The Kier molecular flexibility index (Phi) is 8.06. The second-order valence-electron chi connectivity index (χ2n) is 13.3. The second kappa shape index (κ2) is 12.3. The number of ketones is 2. The number of imide groups is 1. The Morgan fingerprint density at radius 3 is 2.24 bits per heavy atom. The molecule has 0 radical (unpaired) electrons. The maximum atomic E-state index is 15.2. The maximum Gasteiger partial charge on any atom is 0.238 e. The fourth-order valence-corrected chi connectivity index (χ4v) is 9.59. The van der Waals surface area contributed by atoms with Crippen molar-refractivity contribution >= 4 is 68.8 Å². The number of ether oxygens (including phenoxy) is 1. The van der Waals surface area contributed by atoms with E-state index in [1.165, 1.54) is 18.1 Å². The lowest BCUT2D eigenvalue weighted by atomic mass is 9.44. The molecule has 50 heavy (non-hydrogen) atoms. The van der Waals surface area contributed by atoms with Gasteiger partial charge in [-0.2, -0.15) is 0 Å². The standard InChI is InChI=1S/C41H31ClINO6/c1-50-33-19-23(18-32(42)38(33)47)36-27-16-17-28-35(40(49)44(39(28)48)26-14-12-25(43)13-15-26)30(27)20-31-37(46)29(22-8-4-2-5-9-22)21-34(45)41(31,36)24-10-6-3-7-11-24/h2-16,18-19,21,28,30-31,35-36,47H,17,20H2,1H3/t28-,30+,31-,35-,36-,41-/m0/s1. The molecule has 8 rings (SSSR count). The smallest absolute Gasteiger partial charge is 0.238 e. The Morgan fingerprint density at radius 2 is 1.56 bits per heavy atom. The fourth-order valence-electron chi connectivity index (χ4n) is 9.01. The Balaban J connectivity index is 1.38. The molecule has 1 heterocycles. The van der Waals surface area contributed by atoms with Gasteiger partial charge in [0, 0.05) is 21.0 Å². The van der Waals surface area contributed by atoms with Gasteiger partial charge in [-0.25, -0.2) is 0 Å². The monoisotopic (exact) mass is 795 g/mol. The summed E-state index contributed by atoms with van der Waals surface area (Å²) in [5.74, 6) is -4.68. The molecule has 0 spiro atoms. The summed E-state index contributed by atoms with van der Waals surface area (Å²) in [6.45, 7) is 0. The van der Waals surface area contributed by atoms with Crippen LogP contribution in [0.15, 0.2) is 115 Å². The van der Waals surface area contributed by atoms with E-state index in [0.717, 1.165) is 9.14 Å². The average Bonchev–Trinajstić information content (AvgIpc) is 3.40. The van der Waals surface area contributed by atoms with Gasteiger partial charge in [0.25, 0.3) is 0 Å². The summed E-state index contributed by atoms with van der Waals surface area (Å²) < 4.78 is 6.52. The van der Waals surface area contributed by atoms with Gasteiger partial charge in [0.1, 0.15) is 0 Å². The second-order valence-corrected chi connectivity index (χ2v) is 15.0. The minimum Gasteiger partial charge on any atom is -0.503 e. The highest BCUT2D eigenvalue weighted by molar-refractivity contribution is 14.1. The van der Waals surface area contributed by atoms with Crippen LogP contribution in [0.4, 0.5) is 5.69 Å². The summed E-state index contributed by atoms with van der Waals surface area (Å²) >= 11 is 8.82. The van der Waals surface area contributed by atoms with Gasteiger partial charge in [0.05, 0.1) is 35.1 Å². The number of benzene rings is 4. The van der Waals surface area contributed by atoms with E-state index in [9.17, 15) is 14.7 Å². The zero-order valence-corrected chi connectivity index (χ0v) is 29.8. The number of Topliss-reactive ketones (excluding diaryl/α,β-unsaturated/α-hetero) is 1. The predicted octanol–water partition coefficient (Wildman–Crippen LogP) is 7.69. The first-order chi connectivity index (χ1) is 24.2. The fraction of sp³-hybridized carbons (Fsp3) is 0.220. The number of carbonyl (C=O) groups excluding carboxylic acids is 4. The number of phenolic OH excluding ortho intramolecular Hbond substituents is 1. The summed E-state index contributed by atoms with van der Waals surface area (Å²) in [6, 6.07) is 29.0. The highest BCUT2D eigenvalue weighted by Crippen LogP contribution is 2.64. The lowest BCUT2D eigenvalue weighted by Crippen LogP contribution is -2.58. The van der Waals surface area contributed by atoms with E-state index in [2.05, 4.69) is 22.6 Å². The number of anilines is 1. The first-order valence-electron chi connectivity index (χ1n) is 16.5. The van der Waals surface area contributed by atoms with Crippen LogP contribution in [0.3, 0.4) is 0 Å². The van der Waals surface area contributed by atoms with E-state index in [1.807, 2.05) is 78.9 Å². The highest BCUT2D eigenvalue weighted by Gasteiger charge is 2.66. The van der Waals surface area contributed by atoms with Gasteiger partial charge in [0.2, 0.25) is 11.8 Å². The lowest BCUT2D eigenvalue weighted by Gasteiger charge is -2.55. The molecular formula is C41H31ClINO6. The molecule has 1 N–H and O–H groups in total. The Bertz CT molecular complexity index is 2150. The number of nitrogens with zero attached hydrogens (tertiary/aromatic N) is 1. The van der Waals surface area contributed by atoms with Crippen molar-refractivity contribution in [3.8, 4) is 11.5 Å². The molecule has 4 aliphatic rings. The number of hydrogen-bond donors (Lipinski definition) is 1. The molecule has 7 nitrogen and oxygen atoms in total. The van der Waals surface area contributed by atoms with E-state index in [0.29, 0.717) is 34.4 Å². The van der Waals surface area contributed by atoms with Gasteiger partial charge >= 0.3 is 0 Å². The van der Waals surface area contributed by atoms with Crippen LogP contribution in [0.5, 0.6) is 11.5 Å². The molecule has 2 amide bonds. The number of fused-ring (bicyclic) bond motifs is 4. The number of rotatable bonds is 5. The van der Waals surface area contributed by atoms with Crippen LogP contribution in [-0.2, 0) is 24.6 Å². The van der Waals surface area contributed by atoms with Crippen LogP contribution in [0, 0.1) is 27.2 Å². The normalized spacial score (nSPS) is 27.3. The van der Waals surface area contributed by atoms with E-state index in [1.54, 1.807) is 24.3 Å². The van der Waals surface area contributed by atoms with Crippen molar-refractivity contribution in [1.29, 1.82) is 0 Å². The molecule has 4 aromatic rings. The molecule has 1 saturated heterocycles. The zero-order chi connectivity index (χ0) is 34.9. The van der Waals surface area contributed by atoms with Crippen molar-refractivity contribution < 1.29 is 29.0 Å². The first-order valence-corrected chi connectivity index (χ1v) is 17.9. The number of amides is 2. The molecule has 9 heteroatoms. The maximum absolute atomic E-state index is 15.2. The van der Waals surface area contributed by atoms with Crippen molar-refractivity contribution in [2.45, 2.75) is 24.2 Å². The molecule has 3 aliphatic carbocycles. The van der Waals surface area contributed by atoms with Crippen molar-refractivity contribution in [2.24, 2.45) is 23.7 Å². The van der Waals surface area contributed by atoms with Crippen LogP contribution < -0.4 is 9.64 Å². The van der Waals surface area contributed by atoms with Crippen molar-refractivity contribution in [3.05, 3.63) is 140 Å². The van der Waals surface area contributed by atoms with Crippen molar-refractivity contribution in [2.75, 3.05) is 12.0 Å². The van der Waals surface area contributed by atoms with Crippen LogP contribution in [0.2, 0.25) is 5.02 Å². The molecule has 250 valence electrons. The minimum absolute atomic E-state index is 0.0302. The molecule has 6 atom stereocenters. The Hall–Kier alpha value is -4.54. The molecule has 1 aliphatic heterocycles. The van der Waals surface area contributed by atoms with Crippen molar-refractivity contribution in [1.82, 2.24) is 0 Å². The molecule has 4 aromatic carbocycles. The molecular weight excluding hydrogens is 765 g/mol. The molecule has 0 unspecified atom stereocenters. The van der Waals surface area contributed by atoms with Crippen molar-refractivity contribution in [3.63, 3.8) is 0 Å². The van der Waals surface area contributed by atoms with Crippen LogP contribution in [0.1, 0.15) is 35.4 Å². The number of allylic oxidation sites excluding steroid dienone is 4. The molecule has 0 aromatic heterocycles. The number of aromatic hydroxyl groups is 1. The van der Waals surface area contributed by atoms with Gasteiger partial charge in [-0.1, -0.05) is 83.9 Å². The summed E-state index contributed by atoms with van der Waals surface area (Å²) in [4.78, 5) is 60.0. The van der Waals surface area contributed by atoms with Crippen LogP contribution >= 0.6 is 34.2 Å². The van der Waals surface area contributed by atoms with E-state index in [4.69, 9.17) is 16.3 Å². The number of phenols is 1. The van der Waals surface area contributed by atoms with Gasteiger partial charge in [-0.3, -0.25) is 24.1 Å². The topological polar surface area (TPSA) is 101 Å². The van der Waals surface area contributed by atoms with Crippen LogP contribution in [0.25, 0.3) is 5.57 Å². The summed E-state index contributed by atoms with van der Waals surface area (Å²) in [7, 11) is 1.42. The molecule has 0 bridgehead atoms. The number of hydrogen-bond acceptors (Lipinski definition) is 6. The third-order valence-electron chi connectivity index (χ3n) is 11.1. The average molecular weight is 796 g/mol. The van der Waals surface area contributed by atoms with Gasteiger partial charge < -0.3 is 9.84 Å². The number of carbonyl (C=O) groups is 4. The Labute approximate surface area is 307 Å². The third-order valence-corrected chi connectivity index (χ3v) is 12.1. The SMILES string of the molecule is COc1cc([C@H]2C3=CC[C@@H]4C(=O)N(c5ccc(I)cc5)C(=O)[C@@H]4[C@@H]3C[C@H]3C(=O)C(c4ccccc4)=CC(=O)[C@@]23c2ccccc2)cc(Cl)c1O. The van der Waals surface area contributed by atoms with E-state index >= 15 is 9.59 Å². The quantitative estimate of drug-likeness (QED) is 0.126. The summed E-state index contributed by atoms with van der Waals surface area (Å²) in [5.41, 5.74) is 2.08. The van der Waals surface area contributed by atoms with E-state index in [-0.39, 0.29) is 46.3 Å². The Morgan fingerprint density at radius 1 is 0.880 bits per heavy atom. The first kappa shape index (κ1) is 32.7. The van der Waals surface area contributed by atoms with Crippen LogP contribution in [-0.4, -0.2) is 35.6 Å². The number of halogens is 2. The lowest BCUT2D eigenvalue weighted by molar-refractivity contribution is -0.135. The summed E-state index contributed by atoms with van der Waals surface area (Å²) in [6.07, 6.45) is 3.96. The molecule has 2 fully saturated rings. The van der Waals surface area contributed by atoms with E-state index < -0.39 is 35.0 Å². The number of methoxy groups -OCH3 is 1. The molecule has 1 saturated carbocycles. The predicted molar refractivity (Wildman–Crippen MR) is 198 cm³/mol. The zero-order valence-electron chi connectivity index (χ0n) is 26.9. The van der Waals surface area contributed by atoms with Gasteiger partial charge in [-0.15, -0.1) is 0 Å². The van der Waals surface area contributed by atoms with Gasteiger partial charge in [-0.05, 0) is 101 Å². The summed E-state index contributed by atoms with van der Waals surface area (Å²) in [5, 5.41) is 10.8. The third kappa shape index (κ3) is 4.75.